The molecule has 0 bridgehead atoms. The molecule has 0 aliphatic carbocycles. The van der Waals surface area contributed by atoms with Gasteiger partial charge in [-0.15, -0.1) is 11.3 Å². The predicted octanol–water partition coefficient (Wildman–Crippen LogP) is 2.50. The number of hydrogen-bond donors (Lipinski definition) is 0. The van der Waals surface area contributed by atoms with Gasteiger partial charge in [-0.1, -0.05) is 12.1 Å². The van der Waals surface area contributed by atoms with Gasteiger partial charge in [-0.25, -0.2) is 23.4 Å². The first-order chi connectivity index (χ1) is 12.1. The Bertz CT molecular complexity index is 955. The van der Waals surface area contributed by atoms with E-state index in [1.165, 1.54) is 0 Å². The Morgan fingerprint density at radius 1 is 0.960 bits per heavy atom. The highest BCUT2D eigenvalue weighted by atomic mass is 32.2. The highest BCUT2D eigenvalue weighted by molar-refractivity contribution is 7.91. The number of benzene rings is 1. The van der Waals surface area contributed by atoms with Crippen molar-refractivity contribution in [3.05, 3.63) is 48.9 Å². The Hall–Kier alpha value is -2.32. The van der Waals surface area contributed by atoms with Crippen LogP contribution < -0.4 is 4.90 Å². The summed E-state index contributed by atoms with van der Waals surface area (Å²) >= 11 is 1.55. The van der Waals surface area contributed by atoms with Crippen LogP contribution in [0.1, 0.15) is 0 Å². The molecule has 1 aliphatic rings. The van der Waals surface area contributed by atoms with Crippen LogP contribution in [-0.4, -0.2) is 48.0 Å². The van der Waals surface area contributed by atoms with Gasteiger partial charge in [0.15, 0.2) is 20.7 Å². The number of hydrogen-bond acceptors (Lipinski definition) is 7. The Kier molecular flexibility index (Phi) is 4.22. The number of thiazole rings is 1. The average Bonchev–Trinajstić information content (AvgIpc) is 3.13. The summed E-state index contributed by atoms with van der Waals surface area (Å²) in [6.07, 6.45) is 5.24. The van der Waals surface area contributed by atoms with Gasteiger partial charge in [0.1, 0.15) is 0 Å². The van der Waals surface area contributed by atoms with Gasteiger partial charge in [0.05, 0.1) is 16.4 Å². The van der Waals surface area contributed by atoms with Crippen molar-refractivity contribution in [1.29, 1.82) is 0 Å². The second-order valence-electron chi connectivity index (χ2n) is 5.79. The van der Waals surface area contributed by atoms with Crippen molar-refractivity contribution in [2.75, 3.05) is 29.5 Å². The largest absolute Gasteiger partial charge is 0.369 e. The molecule has 1 saturated heterocycles. The van der Waals surface area contributed by atoms with Gasteiger partial charge < -0.3 is 4.90 Å². The maximum atomic E-state index is 11.5. The summed E-state index contributed by atoms with van der Waals surface area (Å²) in [6, 6.07) is 9.93. The summed E-state index contributed by atoms with van der Waals surface area (Å²) in [5.41, 5.74) is 2.13. The van der Waals surface area contributed by atoms with Gasteiger partial charge in [0, 0.05) is 37.4 Å². The lowest BCUT2D eigenvalue weighted by Gasteiger charge is -2.28. The molecule has 0 unspecified atom stereocenters. The Balaban J connectivity index is 1.52. The molecule has 0 saturated carbocycles. The van der Waals surface area contributed by atoms with Gasteiger partial charge in [-0.3, -0.25) is 0 Å². The molecule has 3 heterocycles. The van der Waals surface area contributed by atoms with Crippen LogP contribution in [0.25, 0.3) is 21.3 Å². The highest BCUT2D eigenvalue weighted by Crippen LogP contribution is 2.31. The molecule has 8 heteroatoms. The molecule has 1 aliphatic heterocycles. The van der Waals surface area contributed by atoms with Crippen molar-refractivity contribution in [2.45, 2.75) is 0 Å². The van der Waals surface area contributed by atoms with Crippen LogP contribution in [0.3, 0.4) is 0 Å². The highest BCUT2D eigenvalue weighted by Gasteiger charge is 2.21. The summed E-state index contributed by atoms with van der Waals surface area (Å²) in [7, 11) is -2.86. The quantitative estimate of drug-likeness (QED) is 0.703. The zero-order valence-electron chi connectivity index (χ0n) is 13.4. The second-order valence-corrected chi connectivity index (χ2v) is 9.12. The monoisotopic (exact) mass is 372 g/mol. The third-order valence-corrected chi connectivity index (χ3v) is 6.78. The van der Waals surface area contributed by atoms with Crippen LogP contribution in [0.2, 0.25) is 0 Å². The van der Waals surface area contributed by atoms with Crippen LogP contribution in [0, 0.1) is 0 Å². The van der Waals surface area contributed by atoms with E-state index < -0.39 is 9.84 Å². The molecule has 2 aromatic heterocycles. The Morgan fingerprint density at radius 2 is 1.64 bits per heavy atom. The minimum absolute atomic E-state index is 0.226. The van der Waals surface area contributed by atoms with E-state index >= 15 is 0 Å². The van der Waals surface area contributed by atoms with Crippen molar-refractivity contribution in [3.8, 4) is 21.3 Å². The standard InChI is InChI=1S/C17H16N4O2S2/c22-25(23)10-8-21(9-11-25)14-4-2-13(3-5-14)15-12-20-17(24-15)16-18-6-1-7-19-16/h1-7,12H,8-11H2. The molecule has 0 atom stereocenters. The molecule has 0 spiro atoms. The van der Waals surface area contributed by atoms with Gasteiger partial charge in [0.25, 0.3) is 0 Å². The normalized spacial score (nSPS) is 16.7. The van der Waals surface area contributed by atoms with E-state index in [4.69, 9.17) is 0 Å². The summed E-state index contributed by atoms with van der Waals surface area (Å²) in [4.78, 5) is 16.0. The van der Waals surface area contributed by atoms with Crippen LogP contribution >= 0.6 is 11.3 Å². The molecule has 6 nitrogen and oxygen atoms in total. The SMILES string of the molecule is O=S1(=O)CCN(c2ccc(-c3cnc(-c4ncccn4)s3)cc2)CC1. The van der Waals surface area contributed by atoms with Crippen LogP contribution in [0.15, 0.2) is 48.9 Å². The summed E-state index contributed by atoms with van der Waals surface area (Å²) < 4.78 is 23.1. The van der Waals surface area contributed by atoms with Gasteiger partial charge in [0.2, 0.25) is 0 Å². The number of nitrogens with zero attached hydrogens (tertiary/aromatic N) is 4. The molecule has 0 N–H and O–H groups in total. The topological polar surface area (TPSA) is 76.1 Å². The molecule has 1 fully saturated rings. The van der Waals surface area contributed by atoms with Crippen LogP contribution in [0.5, 0.6) is 0 Å². The number of aromatic nitrogens is 3. The number of anilines is 1. The fraction of sp³-hybridized carbons (Fsp3) is 0.235. The fourth-order valence-corrected chi connectivity index (χ4v) is 4.80. The van der Waals surface area contributed by atoms with Crippen LogP contribution in [0.4, 0.5) is 5.69 Å². The lowest BCUT2D eigenvalue weighted by Crippen LogP contribution is -2.40. The molecular weight excluding hydrogens is 356 g/mol. The minimum atomic E-state index is -2.86. The van der Waals surface area contributed by atoms with Crippen molar-refractivity contribution >= 4 is 26.9 Å². The Morgan fingerprint density at radius 3 is 2.32 bits per heavy atom. The first-order valence-corrected chi connectivity index (χ1v) is 10.5. The molecule has 25 heavy (non-hydrogen) atoms. The Labute approximate surface area is 150 Å². The van der Waals surface area contributed by atoms with E-state index in [1.54, 1.807) is 29.8 Å². The third-order valence-electron chi connectivity index (χ3n) is 4.12. The molecule has 0 radical (unpaired) electrons. The average molecular weight is 372 g/mol. The van der Waals surface area contributed by atoms with E-state index in [0.29, 0.717) is 18.9 Å². The molecule has 3 aromatic rings. The smallest absolute Gasteiger partial charge is 0.188 e. The first-order valence-electron chi connectivity index (χ1n) is 7.90. The zero-order valence-corrected chi connectivity index (χ0v) is 15.0. The van der Waals surface area contributed by atoms with Gasteiger partial charge in [-0.2, -0.15) is 0 Å². The van der Waals surface area contributed by atoms with Gasteiger partial charge in [-0.05, 0) is 23.8 Å². The lowest BCUT2D eigenvalue weighted by molar-refractivity contribution is 0.587. The summed E-state index contributed by atoms with van der Waals surface area (Å²) in [6.45, 7) is 1.11. The van der Waals surface area contributed by atoms with Crippen molar-refractivity contribution in [2.24, 2.45) is 0 Å². The molecule has 4 rings (SSSR count). The predicted molar refractivity (Wildman–Crippen MR) is 99.4 cm³/mol. The van der Waals surface area contributed by atoms with Crippen molar-refractivity contribution in [1.82, 2.24) is 15.0 Å². The van der Waals surface area contributed by atoms with Crippen molar-refractivity contribution < 1.29 is 8.42 Å². The van der Waals surface area contributed by atoms with E-state index in [0.717, 1.165) is 21.1 Å². The fourth-order valence-electron chi connectivity index (χ4n) is 2.73. The first kappa shape index (κ1) is 16.2. The molecule has 128 valence electrons. The minimum Gasteiger partial charge on any atom is -0.369 e. The summed E-state index contributed by atoms with van der Waals surface area (Å²) in [5, 5.41) is 0.793. The van der Waals surface area contributed by atoms with E-state index in [2.05, 4.69) is 19.9 Å². The maximum absolute atomic E-state index is 11.5. The van der Waals surface area contributed by atoms with Gasteiger partial charge >= 0.3 is 0 Å². The van der Waals surface area contributed by atoms with Crippen molar-refractivity contribution in [3.63, 3.8) is 0 Å². The zero-order chi connectivity index (χ0) is 17.3. The van der Waals surface area contributed by atoms with E-state index in [9.17, 15) is 8.42 Å². The van der Waals surface area contributed by atoms with Crippen LogP contribution in [-0.2, 0) is 9.84 Å². The second kappa shape index (κ2) is 6.53. The van der Waals surface area contributed by atoms with E-state index in [-0.39, 0.29) is 11.5 Å². The maximum Gasteiger partial charge on any atom is 0.188 e. The lowest BCUT2D eigenvalue weighted by atomic mass is 10.2. The molecule has 1 aromatic carbocycles. The third kappa shape index (κ3) is 3.54. The summed E-state index contributed by atoms with van der Waals surface area (Å²) in [5.74, 6) is 1.08. The molecular formula is C17H16N4O2S2. The number of rotatable bonds is 3. The number of sulfone groups is 1. The van der Waals surface area contributed by atoms with E-state index in [1.807, 2.05) is 30.5 Å². The molecule has 0 amide bonds.